The Labute approximate surface area is 182 Å². The van der Waals surface area contributed by atoms with Crippen molar-refractivity contribution in [3.63, 3.8) is 0 Å². The first-order valence-electron chi connectivity index (χ1n) is 11.1. The van der Waals surface area contributed by atoms with E-state index in [1.807, 2.05) is 18.2 Å². The Hall–Kier alpha value is -3.15. The van der Waals surface area contributed by atoms with Crippen molar-refractivity contribution < 1.29 is 9.47 Å². The highest BCUT2D eigenvalue weighted by Crippen LogP contribution is 2.33. The molecule has 0 spiro atoms. The Bertz CT molecular complexity index is 1130. The first-order chi connectivity index (χ1) is 15.0. The summed E-state index contributed by atoms with van der Waals surface area (Å²) in [7, 11) is 0. The summed E-state index contributed by atoms with van der Waals surface area (Å²) in [6.07, 6.45) is 1.30. The summed E-state index contributed by atoms with van der Waals surface area (Å²) in [5.41, 5.74) is 3.62. The molecule has 0 radical (unpaired) electrons. The Balaban J connectivity index is 1.30. The molecular formula is C25H29N3O3. The number of benzene rings is 2. The zero-order chi connectivity index (χ0) is 21.4. The van der Waals surface area contributed by atoms with Crippen molar-refractivity contribution in [2.75, 3.05) is 36.5 Å². The fourth-order valence-electron chi connectivity index (χ4n) is 4.78. The highest BCUT2D eigenvalue weighted by atomic mass is 16.6. The van der Waals surface area contributed by atoms with E-state index in [2.05, 4.69) is 53.3 Å². The van der Waals surface area contributed by atoms with Crippen molar-refractivity contribution in [3.8, 4) is 11.5 Å². The Morgan fingerprint density at radius 2 is 1.68 bits per heavy atom. The molecule has 2 aliphatic rings. The van der Waals surface area contributed by atoms with Gasteiger partial charge in [-0.3, -0.25) is 4.79 Å². The molecule has 0 bridgehead atoms. The number of fused-ring (bicyclic) bond motifs is 2. The van der Waals surface area contributed by atoms with Gasteiger partial charge < -0.3 is 24.7 Å². The number of nitrogens with one attached hydrogen (secondary N) is 2. The average Bonchev–Trinajstić information content (AvgIpc) is 2.76. The minimum absolute atomic E-state index is 0.0930. The number of hydrogen-bond donors (Lipinski definition) is 2. The van der Waals surface area contributed by atoms with Crippen LogP contribution >= 0.6 is 0 Å². The smallest absolute Gasteiger partial charge is 0.253 e. The van der Waals surface area contributed by atoms with E-state index in [9.17, 15) is 4.79 Å². The fourth-order valence-corrected chi connectivity index (χ4v) is 4.78. The molecule has 2 aliphatic heterocycles. The lowest BCUT2D eigenvalue weighted by Gasteiger charge is -2.36. The molecule has 3 aromatic rings. The van der Waals surface area contributed by atoms with Crippen LogP contribution in [-0.4, -0.2) is 31.3 Å². The Kier molecular flexibility index (Phi) is 5.22. The molecular weight excluding hydrogens is 390 g/mol. The van der Waals surface area contributed by atoms with Gasteiger partial charge in [-0.1, -0.05) is 13.8 Å². The third-order valence-corrected chi connectivity index (χ3v) is 6.17. The largest absolute Gasteiger partial charge is 0.486 e. The van der Waals surface area contributed by atoms with E-state index in [1.54, 1.807) is 0 Å². The molecule has 5 rings (SSSR count). The number of H-pyrrole nitrogens is 1. The quantitative estimate of drug-likeness (QED) is 0.656. The summed E-state index contributed by atoms with van der Waals surface area (Å²) < 4.78 is 11.3. The molecule has 162 valence electrons. The number of nitrogens with zero attached hydrogens (tertiary/aromatic N) is 1. The summed E-state index contributed by atoms with van der Waals surface area (Å²) in [5, 5.41) is 4.32. The van der Waals surface area contributed by atoms with Crippen LogP contribution in [0.2, 0.25) is 0 Å². The zero-order valence-electron chi connectivity index (χ0n) is 18.1. The number of piperidine rings is 1. The molecule has 31 heavy (non-hydrogen) atoms. The first kappa shape index (κ1) is 19.8. The van der Waals surface area contributed by atoms with Gasteiger partial charge >= 0.3 is 0 Å². The lowest BCUT2D eigenvalue weighted by Crippen LogP contribution is -2.38. The monoisotopic (exact) mass is 419 g/mol. The predicted octanol–water partition coefficient (Wildman–Crippen LogP) is 4.39. The lowest BCUT2D eigenvalue weighted by atomic mass is 9.91. The SMILES string of the molecule is C[C@@H]1C[C@H](C)CN(c2ccc(NCc3cc4cc5c(cc4[nH]c3=O)OCCO5)cc2)C1. The number of aromatic nitrogens is 1. The van der Waals surface area contributed by atoms with Gasteiger partial charge in [0.05, 0.1) is 5.52 Å². The normalized spacial score (nSPS) is 20.6. The van der Waals surface area contributed by atoms with E-state index in [1.165, 1.54) is 12.1 Å². The molecule has 0 aliphatic carbocycles. The lowest BCUT2D eigenvalue weighted by molar-refractivity contribution is 0.172. The van der Waals surface area contributed by atoms with Gasteiger partial charge in [-0.15, -0.1) is 0 Å². The molecule has 1 saturated heterocycles. The van der Waals surface area contributed by atoms with E-state index >= 15 is 0 Å². The van der Waals surface area contributed by atoms with Gasteiger partial charge in [-0.2, -0.15) is 0 Å². The van der Waals surface area contributed by atoms with Crippen LogP contribution in [0.5, 0.6) is 11.5 Å². The molecule has 1 aromatic heterocycles. The maximum Gasteiger partial charge on any atom is 0.253 e. The van der Waals surface area contributed by atoms with Crippen molar-refractivity contribution in [1.82, 2.24) is 4.98 Å². The van der Waals surface area contributed by atoms with E-state index in [0.29, 0.717) is 31.1 Å². The van der Waals surface area contributed by atoms with E-state index < -0.39 is 0 Å². The van der Waals surface area contributed by atoms with Crippen LogP contribution in [0.1, 0.15) is 25.8 Å². The number of ether oxygens (including phenoxy) is 2. The first-order valence-corrected chi connectivity index (χ1v) is 11.1. The van der Waals surface area contributed by atoms with Crippen LogP contribution in [-0.2, 0) is 6.54 Å². The van der Waals surface area contributed by atoms with Gasteiger partial charge in [0, 0.05) is 48.0 Å². The Morgan fingerprint density at radius 1 is 1.00 bits per heavy atom. The van der Waals surface area contributed by atoms with E-state index in [-0.39, 0.29) is 5.56 Å². The Morgan fingerprint density at radius 3 is 2.39 bits per heavy atom. The summed E-state index contributed by atoms with van der Waals surface area (Å²) in [6.45, 7) is 8.41. The summed E-state index contributed by atoms with van der Waals surface area (Å²) in [6, 6.07) is 14.2. The maximum atomic E-state index is 12.6. The van der Waals surface area contributed by atoms with Gasteiger partial charge in [-0.25, -0.2) is 0 Å². The van der Waals surface area contributed by atoms with Crippen LogP contribution < -0.4 is 25.2 Å². The minimum atomic E-state index is -0.0930. The molecule has 6 nitrogen and oxygen atoms in total. The number of rotatable bonds is 4. The van der Waals surface area contributed by atoms with Crippen molar-refractivity contribution in [1.29, 1.82) is 0 Å². The minimum Gasteiger partial charge on any atom is -0.486 e. The number of hydrogen-bond acceptors (Lipinski definition) is 5. The van der Waals surface area contributed by atoms with Gasteiger partial charge in [0.15, 0.2) is 11.5 Å². The molecule has 6 heteroatoms. The van der Waals surface area contributed by atoms with Gasteiger partial charge in [-0.05, 0) is 54.7 Å². The molecule has 0 saturated carbocycles. The second-order valence-corrected chi connectivity index (χ2v) is 8.96. The zero-order valence-corrected chi connectivity index (χ0v) is 18.1. The third-order valence-electron chi connectivity index (χ3n) is 6.17. The second kappa shape index (κ2) is 8.17. The van der Waals surface area contributed by atoms with Gasteiger partial charge in [0.2, 0.25) is 0 Å². The topological polar surface area (TPSA) is 66.6 Å². The van der Waals surface area contributed by atoms with Crippen LogP contribution in [0.15, 0.2) is 47.3 Å². The number of pyridine rings is 1. The highest BCUT2D eigenvalue weighted by molar-refractivity contribution is 5.83. The van der Waals surface area contributed by atoms with Crippen molar-refractivity contribution in [2.24, 2.45) is 11.8 Å². The molecule has 2 aromatic carbocycles. The molecule has 0 amide bonds. The van der Waals surface area contributed by atoms with Crippen LogP contribution in [0.3, 0.4) is 0 Å². The van der Waals surface area contributed by atoms with E-state index in [0.717, 1.165) is 47.3 Å². The van der Waals surface area contributed by atoms with E-state index in [4.69, 9.17) is 9.47 Å². The molecule has 3 heterocycles. The van der Waals surface area contributed by atoms with Crippen LogP contribution in [0, 0.1) is 11.8 Å². The number of aromatic amines is 1. The number of anilines is 2. The fraction of sp³-hybridized carbons (Fsp3) is 0.400. The van der Waals surface area contributed by atoms with Gasteiger partial charge in [0.25, 0.3) is 5.56 Å². The highest BCUT2D eigenvalue weighted by Gasteiger charge is 2.21. The summed E-state index contributed by atoms with van der Waals surface area (Å²) in [4.78, 5) is 18.0. The molecule has 0 unspecified atom stereocenters. The predicted molar refractivity (Wildman–Crippen MR) is 124 cm³/mol. The van der Waals surface area contributed by atoms with Crippen molar-refractivity contribution >= 4 is 22.3 Å². The molecule has 2 N–H and O–H groups in total. The maximum absolute atomic E-state index is 12.6. The van der Waals surface area contributed by atoms with Crippen molar-refractivity contribution in [3.05, 3.63) is 58.4 Å². The molecule has 1 fully saturated rings. The van der Waals surface area contributed by atoms with Crippen LogP contribution in [0.4, 0.5) is 11.4 Å². The second-order valence-electron chi connectivity index (χ2n) is 8.96. The molecule has 2 atom stereocenters. The van der Waals surface area contributed by atoms with Crippen molar-refractivity contribution in [2.45, 2.75) is 26.8 Å². The summed E-state index contributed by atoms with van der Waals surface area (Å²) >= 11 is 0. The summed E-state index contributed by atoms with van der Waals surface area (Å²) in [5.74, 6) is 2.85. The third kappa shape index (κ3) is 4.20. The van der Waals surface area contributed by atoms with Crippen LogP contribution in [0.25, 0.3) is 10.9 Å². The van der Waals surface area contributed by atoms with Gasteiger partial charge in [0.1, 0.15) is 13.2 Å². The average molecular weight is 420 g/mol. The standard InChI is InChI=1S/C25H29N3O3/c1-16-9-17(2)15-28(14-16)21-5-3-20(4-6-21)26-13-19-10-18-11-23-24(31-8-7-30-23)12-22(18)27-25(19)29/h3-6,10-12,16-17,26H,7-9,13-15H2,1-2H3,(H,27,29)/t16-,17+.